The third-order valence-corrected chi connectivity index (χ3v) is 3.08. The lowest BCUT2D eigenvalue weighted by molar-refractivity contribution is 0.199. The van der Waals surface area contributed by atoms with E-state index in [1.54, 1.807) is 18.0 Å². The summed E-state index contributed by atoms with van der Waals surface area (Å²) in [6.07, 6.45) is 4.20. The normalized spacial score (nSPS) is 20.6. The Kier molecular flexibility index (Phi) is 2.96. The molecule has 0 amide bonds. The van der Waals surface area contributed by atoms with Gasteiger partial charge < -0.3 is 4.74 Å². The van der Waals surface area contributed by atoms with Crippen molar-refractivity contribution in [2.45, 2.75) is 16.7 Å². The van der Waals surface area contributed by atoms with Crippen LogP contribution in [-0.2, 0) is 4.74 Å². The van der Waals surface area contributed by atoms with Gasteiger partial charge in [0.2, 0.25) is 0 Å². The molecule has 1 aromatic heterocycles. The summed E-state index contributed by atoms with van der Waals surface area (Å²) < 4.78 is 5.25. The van der Waals surface area contributed by atoms with E-state index >= 15 is 0 Å². The highest BCUT2D eigenvalue weighted by atomic mass is 32.2. The third-order valence-electron chi connectivity index (χ3n) is 1.92. The van der Waals surface area contributed by atoms with Crippen molar-refractivity contribution in [3.8, 4) is 6.07 Å². The third kappa shape index (κ3) is 2.22. The summed E-state index contributed by atoms with van der Waals surface area (Å²) >= 11 is 1.66. The van der Waals surface area contributed by atoms with Gasteiger partial charge in [-0.3, -0.25) is 0 Å². The smallest absolute Gasteiger partial charge is 0.158 e. The molecular weight excluding hydrogens is 198 g/mol. The Morgan fingerprint density at radius 1 is 1.50 bits per heavy atom. The molecule has 1 aliphatic rings. The van der Waals surface area contributed by atoms with Crippen molar-refractivity contribution in [1.82, 2.24) is 9.97 Å². The number of nitriles is 1. The molecule has 0 saturated carbocycles. The van der Waals surface area contributed by atoms with Gasteiger partial charge in [0.25, 0.3) is 0 Å². The fourth-order valence-electron chi connectivity index (χ4n) is 1.21. The number of aromatic nitrogens is 2. The summed E-state index contributed by atoms with van der Waals surface area (Å²) in [5.41, 5.74) is 0.358. The minimum atomic E-state index is 0.358. The first-order valence-corrected chi connectivity index (χ1v) is 5.23. The summed E-state index contributed by atoms with van der Waals surface area (Å²) in [5, 5.41) is 9.88. The first-order chi connectivity index (χ1) is 6.88. The average Bonchev–Trinajstić information content (AvgIpc) is 2.72. The van der Waals surface area contributed by atoms with Gasteiger partial charge in [-0.1, -0.05) is 11.8 Å². The van der Waals surface area contributed by atoms with Crippen LogP contribution < -0.4 is 0 Å². The summed E-state index contributed by atoms with van der Waals surface area (Å²) in [5.74, 6) is 0. The number of hydrogen-bond donors (Lipinski definition) is 0. The van der Waals surface area contributed by atoms with Crippen LogP contribution in [0.5, 0.6) is 0 Å². The van der Waals surface area contributed by atoms with Crippen molar-refractivity contribution in [2.24, 2.45) is 0 Å². The lowest BCUT2D eigenvalue weighted by Gasteiger charge is -2.04. The van der Waals surface area contributed by atoms with Gasteiger partial charge >= 0.3 is 0 Å². The summed E-state index contributed by atoms with van der Waals surface area (Å²) in [6, 6.07) is 1.94. The number of ether oxygens (including phenoxy) is 1. The van der Waals surface area contributed by atoms with Crippen LogP contribution in [0.25, 0.3) is 0 Å². The zero-order valence-corrected chi connectivity index (χ0v) is 8.33. The molecule has 2 rings (SSSR count). The Balaban J connectivity index is 1.99. The maximum absolute atomic E-state index is 8.53. The zero-order chi connectivity index (χ0) is 9.80. The van der Waals surface area contributed by atoms with Crippen LogP contribution in [0.4, 0.5) is 0 Å². The molecule has 72 valence electrons. The molecule has 4 nitrogen and oxygen atoms in total. The lowest BCUT2D eigenvalue weighted by atomic mass is 10.4. The van der Waals surface area contributed by atoms with Crippen molar-refractivity contribution < 1.29 is 4.74 Å². The first-order valence-electron chi connectivity index (χ1n) is 4.35. The van der Waals surface area contributed by atoms with E-state index in [-0.39, 0.29) is 0 Å². The van der Waals surface area contributed by atoms with E-state index in [4.69, 9.17) is 10.00 Å². The van der Waals surface area contributed by atoms with Crippen molar-refractivity contribution in [3.05, 3.63) is 18.1 Å². The molecule has 14 heavy (non-hydrogen) atoms. The largest absolute Gasteiger partial charge is 0.380 e. The van der Waals surface area contributed by atoms with Gasteiger partial charge in [0.05, 0.1) is 19.0 Å². The monoisotopic (exact) mass is 207 g/mol. The highest BCUT2D eigenvalue weighted by Gasteiger charge is 2.17. The molecule has 1 saturated heterocycles. The molecule has 0 bridgehead atoms. The average molecular weight is 207 g/mol. The van der Waals surface area contributed by atoms with Gasteiger partial charge in [-0.15, -0.1) is 0 Å². The molecule has 0 N–H and O–H groups in total. The molecule has 0 aliphatic carbocycles. The summed E-state index contributed by atoms with van der Waals surface area (Å²) in [4.78, 5) is 8.09. The predicted molar refractivity (Wildman–Crippen MR) is 51.8 cm³/mol. The minimum absolute atomic E-state index is 0.358. The van der Waals surface area contributed by atoms with Crippen molar-refractivity contribution in [1.29, 1.82) is 5.26 Å². The molecular formula is C9H9N3OS. The lowest BCUT2D eigenvalue weighted by Crippen LogP contribution is -2.01. The van der Waals surface area contributed by atoms with Crippen LogP contribution in [-0.4, -0.2) is 28.4 Å². The second-order valence-electron chi connectivity index (χ2n) is 2.96. The van der Waals surface area contributed by atoms with E-state index in [2.05, 4.69) is 9.97 Å². The SMILES string of the molecule is N#Cc1cnc(SC2CCOC2)cn1. The standard InChI is InChI=1S/C9H9N3OS/c10-3-7-4-12-9(5-11-7)14-8-1-2-13-6-8/h4-5,8H,1-2,6H2. The maximum atomic E-state index is 8.53. The van der Waals surface area contributed by atoms with E-state index < -0.39 is 0 Å². The molecule has 1 aliphatic heterocycles. The number of thioether (sulfide) groups is 1. The Labute approximate surface area is 86.3 Å². The summed E-state index contributed by atoms with van der Waals surface area (Å²) in [7, 11) is 0. The number of hydrogen-bond acceptors (Lipinski definition) is 5. The van der Waals surface area contributed by atoms with Crippen molar-refractivity contribution in [3.63, 3.8) is 0 Å². The van der Waals surface area contributed by atoms with Crippen LogP contribution in [0.2, 0.25) is 0 Å². The number of rotatable bonds is 2. The van der Waals surface area contributed by atoms with Gasteiger partial charge in [-0.2, -0.15) is 5.26 Å². The van der Waals surface area contributed by atoms with E-state index in [9.17, 15) is 0 Å². The van der Waals surface area contributed by atoms with Gasteiger partial charge in [-0.25, -0.2) is 9.97 Å². The van der Waals surface area contributed by atoms with E-state index in [1.807, 2.05) is 6.07 Å². The second-order valence-corrected chi connectivity index (χ2v) is 4.28. The Bertz CT molecular complexity index is 340. The highest BCUT2D eigenvalue weighted by Crippen LogP contribution is 2.26. The minimum Gasteiger partial charge on any atom is -0.380 e. The van der Waals surface area contributed by atoms with Crippen LogP contribution >= 0.6 is 11.8 Å². The quantitative estimate of drug-likeness (QED) is 0.730. The fourth-order valence-corrected chi connectivity index (χ4v) is 2.16. The Morgan fingerprint density at radius 3 is 3.00 bits per heavy atom. The van der Waals surface area contributed by atoms with E-state index in [0.717, 1.165) is 24.7 Å². The summed E-state index contributed by atoms with van der Waals surface area (Å²) in [6.45, 7) is 1.62. The maximum Gasteiger partial charge on any atom is 0.158 e. The van der Waals surface area contributed by atoms with Gasteiger partial charge in [0.15, 0.2) is 5.69 Å². The fraction of sp³-hybridized carbons (Fsp3) is 0.444. The van der Waals surface area contributed by atoms with Gasteiger partial charge in [-0.05, 0) is 6.42 Å². The van der Waals surface area contributed by atoms with Crippen LogP contribution in [0.15, 0.2) is 17.4 Å². The Hall–Kier alpha value is -1.12. The molecule has 1 atom stereocenters. The topological polar surface area (TPSA) is 58.8 Å². The Morgan fingerprint density at radius 2 is 2.43 bits per heavy atom. The van der Waals surface area contributed by atoms with Gasteiger partial charge in [0, 0.05) is 11.9 Å². The van der Waals surface area contributed by atoms with Crippen molar-refractivity contribution in [2.75, 3.05) is 13.2 Å². The molecule has 1 unspecified atom stereocenters. The molecule has 0 spiro atoms. The first kappa shape index (κ1) is 9.44. The van der Waals surface area contributed by atoms with E-state index in [0.29, 0.717) is 10.9 Å². The van der Waals surface area contributed by atoms with Crippen LogP contribution in [0.1, 0.15) is 12.1 Å². The molecule has 2 heterocycles. The molecule has 0 radical (unpaired) electrons. The molecule has 0 aromatic carbocycles. The predicted octanol–water partition coefficient (Wildman–Crippen LogP) is 1.23. The van der Waals surface area contributed by atoms with Crippen LogP contribution in [0.3, 0.4) is 0 Å². The highest BCUT2D eigenvalue weighted by molar-refractivity contribution is 7.99. The van der Waals surface area contributed by atoms with Gasteiger partial charge in [0.1, 0.15) is 11.1 Å². The van der Waals surface area contributed by atoms with E-state index in [1.165, 1.54) is 6.20 Å². The van der Waals surface area contributed by atoms with Crippen molar-refractivity contribution >= 4 is 11.8 Å². The molecule has 5 heteroatoms. The van der Waals surface area contributed by atoms with Crippen LogP contribution in [0, 0.1) is 11.3 Å². The number of nitrogens with zero attached hydrogens (tertiary/aromatic N) is 3. The molecule has 1 fully saturated rings. The molecule has 1 aromatic rings. The second kappa shape index (κ2) is 4.40. The zero-order valence-electron chi connectivity index (χ0n) is 7.51.